The Labute approximate surface area is 171 Å². The van der Waals surface area contributed by atoms with Crippen molar-refractivity contribution in [1.29, 1.82) is 0 Å². The summed E-state index contributed by atoms with van der Waals surface area (Å²) in [6, 6.07) is 15.1. The average Bonchev–Trinajstić information content (AvgIpc) is 2.69. The lowest BCUT2D eigenvalue weighted by molar-refractivity contribution is 0.102. The van der Waals surface area contributed by atoms with Crippen LogP contribution in [0, 0.1) is 13.8 Å². The van der Waals surface area contributed by atoms with Crippen LogP contribution in [0.4, 0.5) is 17.3 Å². The summed E-state index contributed by atoms with van der Waals surface area (Å²) in [5.74, 6) is 1.17. The summed E-state index contributed by atoms with van der Waals surface area (Å²) in [5.41, 5.74) is 4.78. The number of aryl methyl sites for hydroxylation is 2. The van der Waals surface area contributed by atoms with Crippen LogP contribution in [0.2, 0.25) is 0 Å². The van der Waals surface area contributed by atoms with E-state index in [2.05, 4.69) is 34.4 Å². The molecule has 29 heavy (non-hydrogen) atoms. The molecule has 150 valence electrons. The maximum atomic E-state index is 12.9. The van der Waals surface area contributed by atoms with E-state index < -0.39 is 0 Å². The molecule has 0 saturated heterocycles. The number of rotatable bonds is 6. The molecule has 6 heteroatoms. The summed E-state index contributed by atoms with van der Waals surface area (Å²) in [7, 11) is 1.62. The SMILES string of the molecule is COc1ccc(Nc2nc(C)cc(C(=O)Nc3c(C)cccc3C(C)C)n2)cc1. The monoisotopic (exact) mass is 390 g/mol. The van der Waals surface area contributed by atoms with Crippen LogP contribution >= 0.6 is 0 Å². The van der Waals surface area contributed by atoms with Crippen LogP contribution in [-0.4, -0.2) is 23.0 Å². The van der Waals surface area contributed by atoms with Crippen molar-refractivity contribution in [2.24, 2.45) is 0 Å². The first-order valence-electron chi connectivity index (χ1n) is 9.55. The van der Waals surface area contributed by atoms with Gasteiger partial charge in [-0.25, -0.2) is 9.97 Å². The molecule has 2 aromatic carbocycles. The molecular weight excluding hydrogens is 364 g/mol. The molecule has 1 heterocycles. The first kappa shape index (κ1) is 20.3. The van der Waals surface area contributed by atoms with Gasteiger partial charge in [-0.3, -0.25) is 4.79 Å². The van der Waals surface area contributed by atoms with Gasteiger partial charge >= 0.3 is 0 Å². The number of amides is 1. The lowest BCUT2D eigenvalue weighted by Gasteiger charge is -2.16. The van der Waals surface area contributed by atoms with E-state index >= 15 is 0 Å². The number of hydrogen-bond donors (Lipinski definition) is 2. The first-order valence-corrected chi connectivity index (χ1v) is 9.55. The van der Waals surface area contributed by atoms with Gasteiger partial charge in [0.15, 0.2) is 0 Å². The molecular formula is C23H26N4O2. The predicted molar refractivity (Wildman–Crippen MR) is 116 cm³/mol. The van der Waals surface area contributed by atoms with Gasteiger partial charge in [-0.2, -0.15) is 0 Å². The number of aromatic nitrogens is 2. The minimum Gasteiger partial charge on any atom is -0.497 e. The Kier molecular flexibility index (Phi) is 6.12. The van der Waals surface area contributed by atoms with E-state index in [0.717, 1.165) is 28.3 Å². The topological polar surface area (TPSA) is 76.1 Å². The summed E-state index contributed by atoms with van der Waals surface area (Å²) in [5, 5.41) is 6.17. The molecule has 0 spiro atoms. The number of para-hydroxylation sites is 1. The van der Waals surface area contributed by atoms with Crippen LogP contribution in [0.3, 0.4) is 0 Å². The highest BCUT2D eigenvalue weighted by molar-refractivity contribution is 6.04. The second-order valence-electron chi connectivity index (χ2n) is 7.22. The number of anilines is 3. The zero-order valence-corrected chi connectivity index (χ0v) is 17.4. The smallest absolute Gasteiger partial charge is 0.274 e. The lowest BCUT2D eigenvalue weighted by Crippen LogP contribution is -2.17. The van der Waals surface area contributed by atoms with Crippen molar-refractivity contribution in [1.82, 2.24) is 9.97 Å². The molecule has 0 fully saturated rings. The zero-order chi connectivity index (χ0) is 21.0. The first-order chi connectivity index (χ1) is 13.9. The molecule has 0 bridgehead atoms. The van der Waals surface area contributed by atoms with Crippen LogP contribution < -0.4 is 15.4 Å². The van der Waals surface area contributed by atoms with E-state index in [0.29, 0.717) is 23.3 Å². The number of carbonyl (C=O) groups excluding carboxylic acids is 1. The number of nitrogens with one attached hydrogen (secondary N) is 2. The zero-order valence-electron chi connectivity index (χ0n) is 17.4. The second-order valence-corrected chi connectivity index (χ2v) is 7.22. The maximum absolute atomic E-state index is 12.9. The molecule has 6 nitrogen and oxygen atoms in total. The molecule has 0 unspecified atom stereocenters. The standard InChI is InChI=1S/C23H26N4O2/c1-14(2)19-8-6-7-15(3)21(19)27-22(28)20-13-16(4)24-23(26-20)25-17-9-11-18(29-5)12-10-17/h6-14H,1-5H3,(H,27,28)(H,24,25,26). The van der Waals surface area contributed by atoms with Crippen molar-refractivity contribution in [3.05, 3.63) is 71.0 Å². The van der Waals surface area contributed by atoms with Crippen molar-refractivity contribution in [3.8, 4) is 5.75 Å². The number of benzene rings is 2. The Balaban J connectivity index is 1.85. The van der Waals surface area contributed by atoms with E-state index in [1.54, 1.807) is 13.2 Å². The highest BCUT2D eigenvalue weighted by Gasteiger charge is 2.16. The van der Waals surface area contributed by atoms with Gasteiger partial charge in [-0.05, 0) is 61.2 Å². The minimum atomic E-state index is -0.260. The van der Waals surface area contributed by atoms with Crippen molar-refractivity contribution in [2.45, 2.75) is 33.6 Å². The van der Waals surface area contributed by atoms with Crippen LogP contribution in [0.5, 0.6) is 5.75 Å². The molecule has 1 aromatic heterocycles. The molecule has 0 aliphatic carbocycles. The molecule has 0 aliphatic heterocycles. The molecule has 1 amide bonds. The fourth-order valence-corrected chi connectivity index (χ4v) is 3.06. The van der Waals surface area contributed by atoms with Crippen molar-refractivity contribution in [3.63, 3.8) is 0 Å². The molecule has 0 saturated carbocycles. The van der Waals surface area contributed by atoms with Crippen LogP contribution in [0.1, 0.15) is 47.1 Å². The summed E-state index contributed by atoms with van der Waals surface area (Å²) in [4.78, 5) is 21.7. The van der Waals surface area contributed by atoms with E-state index in [1.807, 2.05) is 56.3 Å². The van der Waals surface area contributed by atoms with Crippen molar-refractivity contribution < 1.29 is 9.53 Å². The van der Waals surface area contributed by atoms with E-state index in [1.165, 1.54) is 0 Å². The summed E-state index contributed by atoms with van der Waals surface area (Å²) in [6.45, 7) is 8.04. The maximum Gasteiger partial charge on any atom is 0.274 e. The van der Waals surface area contributed by atoms with E-state index in [4.69, 9.17) is 4.74 Å². The molecule has 0 atom stereocenters. The Bertz CT molecular complexity index is 1010. The van der Waals surface area contributed by atoms with Crippen LogP contribution in [0.25, 0.3) is 0 Å². The fraction of sp³-hybridized carbons (Fsp3) is 0.261. The van der Waals surface area contributed by atoms with Crippen LogP contribution in [-0.2, 0) is 0 Å². The van der Waals surface area contributed by atoms with Gasteiger partial charge in [0.2, 0.25) is 5.95 Å². The molecule has 2 N–H and O–H groups in total. The Hall–Kier alpha value is -3.41. The number of hydrogen-bond acceptors (Lipinski definition) is 5. The van der Waals surface area contributed by atoms with Crippen molar-refractivity contribution in [2.75, 3.05) is 17.7 Å². The highest BCUT2D eigenvalue weighted by Crippen LogP contribution is 2.28. The van der Waals surface area contributed by atoms with Gasteiger partial charge < -0.3 is 15.4 Å². The lowest BCUT2D eigenvalue weighted by atomic mass is 9.98. The van der Waals surface area contributed by atoms with Gasteiger partial charge in [0.05, 0.1) is 7.11 Å². The third-order valence-corrected chi connectivity index (χ3v) is 4.60. The Morgan fingerprint density at radius 2 is 1.76 bits per heavy atom. The summed E-state index contributed by atoms with van der Waals surface area (Å²) >= 11 is 0. The third-order valence-electron chi connectivity index (χ3n) is 4.60. The van der Waals surface area contributed by atoms with Gasteiger partial charge in [0.25, 0.3) is 5.91 Å². The van der Waals surface area contributed by atoms with Gasteiger partial charge in [0.1, 0.15) is 11.4 Å². The quantitative estimate of drug-likeness (QED) is 0.603. The van der Waals surface area contributed by atoms with Gasteiger partial charge in [-0.1, -0.05) is 32.0 Å². The van der Waals surface area contributed by atoms with Crippen LogP contribution in [0.15, 0.2) is 48.5 Å². The number of methoxy groups -OCH3 is 1. The molecule has 3 aromatic rings. The minimum absolute atomic E-state index is 0.260. The van der Waals surface area contributed by atoms with Gasteiger partial charge in [0, 0.05) is 17.1 Å². The number of carbonyl (C=O) groups is 1. The fourth-order valence-electron chi connectivity index (χ4n) is 3.06. The van der Waals surface area contributed by atoms with E-state index in [9.17, 15) is 4.79 Å². The molecule has 0 radical (unpaired) electrons. The predicted octanol–water partition coefficient (Wildman–Crippen LogP) is 5.22. The average molecular weight is 390 g/mol. The van der Waals surface area contributed by atoms with Gasteiger partial charge in [-0.15, -0.1) is 0 Å². The normalized spacial score (nSPS) is 10.7. The number of nitrogens with zero attached hydrogens (tertiary/aromatic N) is 2. The highest BCUT2D eigenvalue weighted by atomic mass is 16.5. The molecule has 0 aliphatic rings. The second kappa shape index (κ2) is 8.73. The van der Waals surface area contributed by atoms with Crippen molar-refractivity contribution >= 4 is 23.2 Å². The third kappa shape index (κ3) is 4.90. The summed E-state index contributed by atoms with van der Waals surface area (Å²) in [6.07, 6.45) is 0. The summed E-state index contributed by atoms with van der Waals surface area (Å²) < 4.78 is 5.17. The van der Waals surface area contributed by atoms with E-state index in [-0.39, 0.29) is 5.91 Å². The Morgan fingerprint density at radius 3 is 2.41 bits per heavy atom. The molecule has 3 rings (SSSR count). The largest absolute Gasteiger partial charge is 0.497 e. The number of ether oxygens (including phenoxy) is 1. The Morgan fingerprint density at radius 1 is 1.03 bits per heavy atom.